The maximum absolute atomic E-state index is 12.5. The van der Waals surface area contributed by atoms with Crippen molar-refractivity contribution in [3.05, 3.63) is 44.6 Å². The first-order valence-electron chi connectivity index (χ1n) is 8.26. The predicted molar refractivity (Wildman–Crippen MR) is 106 cm³/mol. The number of ketones is 1. The highest BCUT2D eigenvalue weighted by Gasteiger charge is 2.23. The topological polar surface area (TPSA) is 90.9 Å². The van der Waals surface area contributed by atoms with E-state index in [-0.39, 0.29) is 28.0 Å². The molecule has 0 fully saturated rings. The summed E-state index contributed by atoms with van der Waals surface area (Å²) in [4.78, 5) is 37.2. The number of amides is 1. The minimum Gasteiger partial charge on any atom is -0.493 e. The monoisotopic (exact) mass is 425 g/mol. The molecule has 1 N–H and O–H groups in total. The van der Waals surface area contributed by atoms with Crippen LogP contribution in [0.3, 0.4) is 0 Å². The second-order valence-electron chi connectivity index (χ2n) is 5.78. The molecule has 0 bridgehead atoms. The Labute approximate surface area is 171 Å². The number of carbonyl (C=O) groups is 3. The first kappa shape index (κ1) is 21.7. The Balaban J connectivity index is 2.08. The summed E-state index contributed by atoms with van der Waals surface area (Å²) >= 11 is 7.33. The molecule has 1 unspecified atom stereocenters. The molecule has 1 heterocycles. The summed E-state index contributed by atoms with van der Waals surface area (Å²) in [5.41, 5.74) is 0.139. The lowest BCUT2D eigenvalue weighted by Gasteiger charge is -2.14. The Morgan fingerprint density at radius 3 is 2.50 bits per heavy atom. The standard InChI is InChI=1S/C19H20ClNO6S/c1-10(17(23)16-6-5-13(28-16)9-21-11(2)22)27-19(24)12-7-14(20)18(26-4)15(8-12)25-3/h5-8,10H,9H2,1-4H3,(H,21,22). The summed E-state index contributed by atoms with van der Waals surface area (Å²) < 4.78 is 15.6. The molecule has 0 aliphatic carbocycles. The van der Waals surface area contributed by atoms with E-state index in [1.165, 1.54) is 51.5 Å². The second kappa shape index (κ2) is 9.57. The van der Waals surface area contributed by atoms with Crippen LogP contribution in [0.15, 0.2) is 24.3 Å². The van der Waals surface area contributed by atoms with Gasteiger partial charge in [0.25, 0.3) is 0 Å². The predicted octanol–water partition coefficient (Wildman–Crippen LogP) is 3.48. The van der Waals surface area contributed by atoms with Gasteiger partial charge in [-0.15, -0.1) is 11.3 Å². The number of methoxy groups -OCH3 is 2. The van der Waals surface area contributed by atoms with Gasteiger partial charge >= 0.3 is 5.97 Å². The fourth-order valence-electron chi connectivity index (χ4n) is 2.34. The van der Waals surface area contributed by atoms with E-state index < -0.39 is 12.1 Å². The summed E-state index contributed by atoms with van der Waals surface area (Å²) in [6, 6.07) is 6.21. The number of hydrogen-bond donors (Lipinski definition) is 1. The number of esters is 1. The molecule has 1 amide bonds. The van der Waals surface area contributed by atoms with Gasteiger partial charge in [0.15, 0.2) is 17.6 Å². The number of carbonyl (C=O) groups excluding carboxylic acids is 3. The number of ether oxygens (including phenoxy) is 3. The lowest BCUT2D eigenvalue weighted by Crippen LogP contribution is -2.24. The summed E-state index contributed by atoms with van der Waals surface area (Å²) in [6.07, 6.45) is -0.994. The van der Waals surface area contributed by atoms with Crippen LogP contribution in [0.4, 0.5) is 0 Å². The van der Waals surface area contributed by atoms with E-state index in [9.17, 15) is 14.4 Å². The molecule has 0 saturated heterocycles. The number of nitrogens with one attached hydrogen (secondary N) is 1. The number of thiophene rings is 1. The van der Waals surface area contributed by atoms with Crippen molar-refractivity contribution in [3.63, 3.8) is 0 Å². The first-order valence-corrected chi connectivity index (χ1v) is 9.46. The Hall–Kier alpha value is -2.58. The maximum Gasteiger partial charge on any atom is 0.339 e. The number of Topliss-reactive ketones (excluding diaryl/α,β-unsaturated/α-hetero) is 1. The van der Waals surface area contributed by atoms with Gasteiger partial charge in [0.05, 0.1) is 36.2 Å². The SMILES string of the molecule is COc1cc(C(=O)OC(C)C(=O)c2ccc(CNC(C)=O)s2)cc(Cl)c1OC. The summed E-state index contributed by atoms with van der Waals surface area (Å²) in [7, 11) is 2.86. The highest BCUT2D eigenvalue weighted by atomic mass is 35.5. The Morgan fingerprint density at radius 2 is 1.89 bits per heavy atom. The highest BCUT2D eigenvalue weighted by molar-refractivity contribution is 7.14. The molecule has 1 aromatic heterocycles. The van der Waals surface area contributed by atoms with Gasteiger partial charge in [-0.2, -0.15) is 0 Å². The van der Waals surface area contributed by atoms with Crippen molar-refractivity contribution in [1.29, 1.82) is 0 Å². The van der Waals surface area contributed by atoms with Gasteiger partial charge in [0, 0.05) is 11.8 Å². The molecular weight excluding hydrogens is 406 g/mol. The van der Waals surface area contributed by atoms with Crippen LogP contribution in [-0.4, -0.2) is 38.0 Å². The number of benzene rings is 1. The quantitative estimate of drug-likeness (QED) is 0.514. The van der Waals surface area contributed by atoms with Gasteiger partial charge in [-0.3, -0.25) is 9.59 Å². The van der Waals surface area contributed by atoms with Crippen LogP contribution < -0.4 is 14.8 Å². The highest BCUT2D eigenvalue weighted by Crippen LogP contribution is 2.36. The Kier molecular flexibility index (Phi) is 7.42. The Bertz CT molecular complexity index is 895. The van der Waals surface area contributed by atoms with E-state index in [2.05, 4.69) is 5.32 Å². The molecule has 0 spiro atoms. The average Bonchev–Trinajstić information content (AvgIpc) is 3.13. The van der Waals surface area contributed by atoms with Crippen LogP contribution in [0.5, 0.6) is 11.5 Å². The van der Waals surface area contributed by atoms with E-state index in [0.717, 1.165) is 4.88 Å². The second-order valence-corrected chi connectivity index (χ2v) is 7.36. The third kappa shape index (κ3) is 5.24. The zero-order valence-electron chi connectivity index (χ0n) is 15.8. The largest absolute Gasteiger partial charge is 0.493 e. The van der Waals surface area contributed by atoms with Gasteiger partial charge in [-0.05, 0) is 31.2 Å². The smallest absolute Gasteiger partial charge is 0.339 e. The molecule has 0 aliphatic rings. The van der Waals surface area contributed by atoms with Crippen molar-refractivity contribution in [2.75, 3.05) is 14.2 Å². The minimum atomic E-state index is -0.994. The molecule has 0 saturated carbocycles. The van der Waals surface area contributed by atoms with Crippen LogP contribution in [0, 0.1) is 0 Å². The summed E-state index contributed by atoms with van der Waals surface area (Å²) in [5, 5.41) is 2.85. The molecule has 1 aromatic carbocycles. The first-order chi connectivity index (χ1) is 13.3. The molecule has 0 aliphatic heterocycles. The van der Waals surface area contributed by atoms with Crippen LogP contribution in [0.2, 0.25) is 5.02 Å². The van der Waals surface area contributed by atoms with Crippen molar-refractivity contribution in [1.82, 2.24) is 5.32 Å². The van der Waals surface area contributed by atoms with Crippen molar-refractivity contribution >= 4 is 40.6 Å². The number of halogens is 1. The lowest BCUT2D eigenvalue weighted by atomic mass is 10.2. The van der Waals surface area contributed by atoms with E-state index in [1.807, 2.05) is 0 Å². The molecule has 7 nitrogen and oxygen atoms in total. The lowest BCUT2D eigenvalue weighted by molar-refractivity contribution is -0.119. The molecule has 150 valence electrons. The third-order valence-electron chi connectivity index (χ3n) is 3.74. The van der Waals surface area contributed by atoms with Crippen LogP contribution in [-0.2, 0) is 16.1 Å². The normalized spacial score (nSPS) is 11.5. The van der Waals surface area contributed by atoms with Crippen LogP contribution >= 0.6 is 22.9 Å². The summed E-state index contributed by atoms with van der Waals surface area (Å²) in [5.74, 6) is -0.619. The number of hydrogen-bond acceptors (Lipinski definition) is 7. The number of rotatable bonds is 8. The van der Waals surface area contributed by atoms with Crippen molar-refractivity contribution in [2.45, 2.75) is 26.5 Å². The van der Waals surface area contributed by atoms with E-state index in [4.69, 9.17) is 25.8 Å². The van der Waals surface area contributed by atoms with Gasteiger partial charge in [-0.1, -0.05) is 11.6 Å². The molecular formula is C19H20ClNO6S. The molecule has 2 rings (SSSR count). The third-order valence-corrected chi connectivity index (χ3v) is 5.12. The zero-order chi connectivity index (χ0) is 20.8. The zero-order valence-corrected chi connectivity index (χ0v) is 17.4. The molecule has 9 heteroatoms. The van der Waals surface area contributed by atoms with Gasteiger partial charge in [-0.25, -0.2) is 4.79 Å². The molecule has 0 radical (unpaired) electrons. The van der Waals surface area contributed by atoms with Crippen LogP contribution in [0.1, 0.15) is 38.8 Å². The molecule has 2 aromatic rings. The maximum atomic E-state index is 12.5. The average molecular weight is 426 g/mol. The van der Waals surface area contributed by atoms with E-state index in [0.29, 0.717) is 17.2 Å². The van der Waals surface area contributed by atoms with E-state index >= 15 is 0 Å². The van der Waals surface area contributed by atoms with Crippen LogP contribution in [0.25, 0.3) is 0 Å². The van der Waals surface area contributed by atoms with E-state index in [1.54, 1.807) is 12.1 Å². The molecule has 28 heavy (non-hydrogen) atoms. The fourth-order valence-corrected chi connectivity index (χ4v) is 3.59. The Morgan fingerprint density at radius 1 is 1.18 bits per heavy atom. The van der Waals surface area contributed by atoms with Gasteiger partial charge < -0.3 is 19.5 Å². The summed E-state index contributed by atoms with van der Waals surface area (Å²) in [6.45, 7) is 3.25. The van der Waals surface area contributed by atoms with Crippen molar-refractivity contribution in [2.24, 2.45) is 0 Å². The molecule has 1 atom stereocenters. The minimum absolute atomic E-state index is 0.139. The van der Waals surface area contributed by atoms with Gasteiger partial charge in [0.1, 0.15) is 0 Å². The van der Waals surface area contributed by atoms with Crippen molar-refractivity contribution < 1.29 is 28.6 Å². The van der Waals surface area contributed by atoms with Crippen molar-refractivity contribution in [3.8, 4) is 11.5 Å². The fraction of sp³-hybridized carbons (Fsp3) is 0.316. The van der Waals surface area contributed by atoms with Gasteiger partial charge in [0.2, 0.25) is 11.7 Å².